The maximum atomic E-state index is 13.7. The third kappa shape index (κ3) is 7.48. The summed E-state index contributed by atoms with van der Waals surface area (Å²) < 4.78 is 27.7. The van der Waals surface area contributed by atoms with Crippen LogP contribution < -0.4 is 9.47 Å². The molecular weight excluding hydrogens is 496 g/mol. The normalized spacial score (nSPS) is 13.8. The van der Waals surface area contributed by atoms with Gasteiger partial charge in [-0.25, -0.2) is 4.79 Å². The molecule has 1 aliphatic rings. The Labute approximate surface area is 223 Å². The van der Waals surface area contributed by atoms with Crippen molar-refractivity contribution < 1.29 is 47.7 Å². The fourth-order valence-corrected chi connectivity index (χ4v) is 3.78. The van der Waals surface area contributed by atoms with E-state index in [-0.39, 0.29) is 67.5 Å². The standard InChI is InChI=1S/C28H38O10/c1-7-34-15-19(29)11-23(31)28(24(32)12-20(30)16-35-8-2)25-21(27(33)38-28)9-10-22(36-13-17(3)4)26(25)37-14-18(5)6/h9-10,17-18H,7-8,11-16H2,1-6H3. The van der Waals surface area contributed by atoms with E-state index in [2.05, 4.69) is 0 Å². The van der Waals surface area contributed by atoms with Gasteiger partial charge in [0.15, 0.2) is 34.6 Å². The average molecular weight is 535 g/mol. The summed E-state index contributed by atoms with van der Waals surface area (Å²) in [5.41, 5.74) is -2.77. The van der Waals surface area contributed by atoms with Gasteiger partial charge in [0, 0.05) is 13.2 Å². The zero-order chi connectivity index (χ0) is 28.5. The third-order valence-corrected chi connectivity index (χ3v) is 5.51. The molecular formula is C28H38O10. The molecule has 0 N–H and O–H groups in total. The summed E-state index contributed by atoms with van der Waals surface area (Å²) in [5.74, 6) is -3.74. The van der Waals surface area contributed by atoms with Crippen LogP contribution in [0.1, 0.15) is 70.3 Å². The highest BCUT2D eigenvalue weighted by atomic mass is 16.6. The first kappa shape index (κ1) is 31.1. The molecule has 0 radical (unpaired) electrons. The van der Waals surface area contributed by atoms with Gasteiger partial charge in [-0.2, -0.15) is 0 Å². The highest BCUT2D eigenvalue weighted by molar-refractivity contribution is 6.24. The lowest BCUT2D eigenvalue weighted by Crippen LogP contribution is -2.46. The number of fused-ring (bicyclic) bond motifs is 1. The Hall–Kier alpha value is -3.11. The van der Waals surface area contributed by atoms with E-state index in [0.717, 1.165) is 0 Å². The summed E-state index contributed by atoms with van der Waals surface area (Å²) in [6.07, 6.45) is -1.50. The Bertz CT molecular complexity index is 1010. The summed E-state index contributed by atoms with van der Waals surface area (Å²) in [6, 6.07) is 2.91. The monoisotopic (exact) mass is 534 g/mol. The van der Waals surface area contributed by atoms with Gasteiger partial charge in [-0.15, -0.1) is 0 Å². The first-order valence-corrected chi connectivity index (χ1v) is 12.9. The van der Waals surface area contributed by atoms with Gasteiger partial charge in [-0.3, -0.25) is 19.2 Å². The van der Waals surface area contributed by atoms with Crippen LogP contribution in [0.25, 0.3) is 0 Å². The summed E-state index contributed by atoms with van der Waals surface area (Å²) in [7, 11) is 0. The minimum absolute atomic E-state index is 0.00101. The van der Waals surface area contributed by atoms with E-state index >= 15 is 0 Å². The Morgan fingerprint density at radius 3 is 1.79 bits per heavy atom. The molecule has 0 aromatic heterocycles. The molecule has 0 saturated carbocycles. The molecule has 1 aromatic carbocycles. The van der Waals surface area contributed by atoms with Crippen LogP contribution in [0, 0.1) is 11.8 Å². The van der Waals surface area contributed by atoms with E-state index < -0.39 is 47.5 Å². The number of rotatable bonds is 18. The number of cyclic esters (lactones) is 1. The number of ketones is 4. The quantitative estimate of drug-likeness (QED) is 0.204. The fourth-order valence-electron chi connectivity index (χ4n) is 3.78. The van der Waals surface area contributed by atoms with Gasteiger partial charge >= 0.3 is 5.97 Å². The first-order chi connectivity index (χ1) is 18.0. The maximum Gasteiger partial charge on any atom is 0.340 e. The minimum Gasteiger partial charge on any atom is -0.489 e. The van der Waals surface area contributed by atoms with Crippen LogP contribution in [0.3, 0.4) is 0 Å². The summed E-state index contributed by atoms with van der Waals surface area (Å²) in [5, 5.41) is 0. The Kier molecular flexibility index (Phi) is 11.6. The zero-order valence-corrected chi connectivity index (χ0v) is 23.0. The molecule has 210 valence electrons. The van der Waals surface area contributed by atoms with E-state index in [0.29, 0.717) is 6.61 Å². The van der Waals surface area contributed by atoms with Gasteiger partial charge in [0.1, 0.15) is 13.2 Å². The van der Waals surface area contributed by atoms with Crippen LogP contribution in [0.15, 0.2) is 12.1 Å². The number of Topliss-reactive ketones (excluding diaryl/α,β-unsaturated/α-hetero) is 4. The largest absolute Gasteiger partial charge is 0.489 e. The summed E-state index contributed by atoms with van der Waals surface area (Å²) in [4.78, 5) is 65.5. The van der Waals surface area contributed by atoms with Crippen LogP contribution in [-0.2, 0) is 39.0 Å². The molecule has 38 heavy (non-hydrogen) atoms. The van der Waals surface area contributed by atoms with E-state index in [4.69, 9.17) is 23.7 Å². The molecule has 0 amide bonds. The van der Waals surface area contributed by atoms with Gasteiger partial charge in [0.05, 0.1) is 37.2 Å². The maximum absolute atomic E-state index is 13.7. The zero-order valence-electron chi connectivity index (χ0n) is 23.0. The van der Waals surface area contributed by atoms with E-state index in [9.17, 15) is 24.0 Å². The third-order valence-electron chi connectivity index (χ3n) is 5.51. The van der Waals surface area contributed by atoms with Gasteiger partial charge in [-0.05, 0) is 37.8 Å². The lowest BCUT2D eigenvalue weighted by atomic mass is 9.80. The highest BCUT2D eigenvalue weighted by Crippen LogP contribution is 2.49. The van der Waals surface area contributed by atoms with Crippen LogP contribution >= 0.6 is 0 Å². The first-order valence-electron chi connectivity index (χ1n) is 12.9. The summed E-state index contributed by atoms with van der Waals surface area (Å²) in [6.45, 7) is 11.3. The van der Waals surface area contributed by atoms with Crippen molar-refractivity contribution in [3.8, 4) is 11.5 Å². The van der Waals surface area contributed by atoms with E-state index in [1.807, 2.05) is 27.7 Å². The van der Waals surface area contributed by atoms with E-state index in [1.165, 1.54) is 12.1 Å². The lowest BCUT2D eigenvalue weighted by molar-refractivity contribution is -0.153. The SMILES string of the molecule is CCOCC(=O)CC(=O)C1(C(=O)CC(=O)COCC)OC(=O)c2ccc(OCC(C)C)c(OCC(C)C)c21. The summed E-state index contributed by atoms with van der Waals surface area (Å²) >= 11 is 0. The van der Waals surface area contributed by atoms with E-state index in [1.54, 1.807) is 13.8 Å². The second kappa shape index (κ2) is 14.2. The van der Waals surface area contributed by atoms with Crippen molar-refractivity contribution in [2.24, 2.45) is 11.8 Å². The van der Waals surface area contributed by atoms with Gasteiger partial charge in [0.2, 0.25) is 0 Å². The molecule has 10 heteroatoms. The number of benzene rings is 1. The molecule has 0 bridgehead atoms. The highest BCUT2D eigenvalue weighted by Gasteiger charge is 2.59. The molecule has 10 nitrogen and oxygen atoms in total. The second-order valence-electron chi connectivity index (χ2n) is 9.85. The van der Waals surface area contributed by atoms with Gasteiger partial charge in [0.25, 0.3) is 5.60 Å². The molecule has 0 saturated heterocycles. The topological polar surface area (TPSA) is 132 Å². The molecule has 2 rings (SSSR count). The van der Waals surface area contributed by atoms with Crippen molar-refractivity contribution in [3.63, 3.8) is 0 Å². The van der Waals surface area contributed by atoms with Crippen LogP contribution in [0.2, 0.25) is 0 Å². The lowest BCUT2D eigenvalue weighted by Gasteiger charge is -2.28. The molecule has 0 fully saturated rings. The van der Waals surface area contributed by atoms with Crippen LogP contribution in [0.4, 0.5) is 0 Å². The van der Waals surface area contributed by atoms with Gasteiger partial charge < -0.3 is 23.7 Å². The van der Waals surface area contributed by atoms with Gasteiger partial charge in [-0.1, -0.05) is 27.7 Å². The molecule has 1 heterocycles. The van der Waals surface area contributed by atoms with Crippen LogP contribution in [0.5, 0.6) is 11.5 Å². The number of ether oxygens (including phenoxy) is 5. The van der Waals surface area contributed by atoms with Crippen molar-refractivity contribution in [3.05, 3.63) is 23.3 Å². The number of esters is 1. The molecule has 0 unspecified atom stereocenters. The van der Waals surface area contributed by atoms with Crippen molar-refractivity contribution in [1.82, 2.24) is 0 Å². The number of carbonyl (C=O) groups excluding carboxylic acids is 5. The Balaban J connectivity index is 2.70. The second-order valence-corrected chi connectivity index (χ2v) is 9.85. The number of hydrogen-bond donors (Lipinski definition) is 0. The van der Waals surface area contributed by atoms with Crippen molar-refractivity contribution >= 4 is 29.1 Å². The fraction of sp³-hybridized carbons (Fsp3) is 0.607. The Morgan fingerprint density at radius 2 is 1.32 bits per heavy atom. The smallest absolute Gasteiger partial charge is 0.340 e. The molecule has 0 aliphatic carbocycles. The predicted octanol–water partition coefficient (Wildman–Crippen LogP) is 3.25. The average Bonchev–Trinajstić information content (AvgIpc) is 3.17. The number of hydrogen-bond acceptors (Lipinski definition) is 10. The molecule has 1 aromatic rings. The van der Waals surface area contributed by atoms with Crippen molar-refractivity contribution in [2.45, 2.75) is 60.0 Å². The van der Waals surface area contributed by atoms with Crippen molar-refractivity contribution in [2.75, 3.05) is 39.6 Å². The Morgan fingerprint density at radius 1 is 0.816 bits per heavy atom. The molecule has 0 spiro atoms. The van der Waals surface area contributed by atoms with Crippen LogP contribution in [-0.4, -0.2) is 68.7 Å². The molecule has 1 aliphatic heterocycles. The molecule has 0 atom stereocenters. The predicted molar refractivity (Wildman–Crippen MR) is 136 cm³/mol. The minimum atomic E-state index is -2.56. The number of carbonyl (C=O) groups is 5. The van der Waals surface area contributed by atoms with Crippen molar-refractivity contribution in [1.29, 1.82) is 0 Å².